The van der Waals surface area contributed by atoms with Crippen LogP contribution in [0.3, 0.4) is 0 Å². The van der Waals surface area contributed by atoms with Crippen LogP contribution in [0.5, 0.6) is 0 Å². The molecular formula is C16H20N4O2. The van der Waals surface area contributed by atoms with E-state index in [1.807, 2.05) is 24.3 Å². The Morgan fingerprint density at radius 3 is 2.68 bits per heavy atom. The number of pyridine rings is 1. The van der Waals surface area contributed by atoms with Crippen LogP contribution in [0.15, 0.2) is 24.3 Å². The predicted octanol–water partition coefficient (Wildman–Crippen LogP) is 1.47. The molecule has 0 radical (unpaired) electrons. The minimum atomic E-state index is -0.890. The first-order valence-electron chi connectivity index (χ1n) is 7.27. The number of nitrogen functional groups attached to an aromatic ring is 1. The summed E-state index contributed by atoms with van der Waals surface area (Å²) >= 11 is 0. The molecule has 6 heteroatoms. The number of aliphatic hydroxyl groups is 2. The van der Waals surface area contributed by atoms with Gasteiger partial charge in [-0.2, -0.15) is 5.10 Å². The highest BCUT2D eigenvalue weighted by atomic mass is 16.3. The van der Waals surface area contributed by atoms with Gasteiger partial charge in [0, 0.05) is 17.2 Å². The Balaban J connectivity index is 2.39. The fourth-order valence-electron chi connectivity index (χ4n) is 2.79. The van der Waals surface area contributed by atoms with Gasteiger partial charge in [0.05, 0.1) is 30.0 Å². The lowest BCUT2D eigenvalue weighted by Gasteiger charge is -2.18. The van der Waals surface area contributed by atoms with Crippen LogP contribution in [0.2, 0.25) is 0 Å². The Labute approximate surface area is 128 Å². The first-order chi connectivity index (χ1) is 10.4. The van der Waals surface area contributed by atoms with Gasteiger partial charge in [0.1, 0.15) is 5.52 Å². The summed E-state index contributed by atoms with van der Waals surface area (Å²) in [7, 11) is 0. The third-order valence-corrected chi connectivity index (χ3v) is 3.63. The van der Waals surface area contributed by atoms with Crippen LogP contribution >= 0.6 is 0 Å². The molecule has 0 spiro atoms. The zero-order valence-electron chi connectivity index (χ0n) is 12.7. The molecule has 0 fully saturated rings. The van der Waals surface area contributed by atoms with Crippen LogP contribution in [0.4, 0.5) is 5.82 Å². The maximum atomic E-state index is 10.2. The molecular weight excluding hydrogens is 280 g/mol. The summed E-state index contributed by atoms with van der Waals surface area (Å²) in [5.41, 5.74) is 7.44. The summed E-state index contributed by atoms with van der Waals surface area (Å²) in [5, 5.41) is 25.9. The molecule has 0 aliphatic heterocycles. The van der Waals surface area contributed by atoms with Crippen molar-refractivity contribution in [1.82, 2.24) is 14.8 Å². The first-order valence-corrected chi connectivity index (χ1v) is 7.27. The highest BCUT2D eigenvalue weighted by Crippen LogP contribution is 2.32. The molecule has 0 unspecified atom stereocenters. The summed E-state index contributed by atoms with van der Waals surface area (Å²) in [4.78, 5) is 4.39. The third-order valence-electron chi connectivity index (χ3n) is 3.63. The Morgan fingerprint density at radius 1 is 1.27 bits per heavy atom. The van der Waals surface area contributed by atoms with Crippen molar-refractivity contribution in [3.63, 3.8) is 0 Å². The second-order valence-electron chi connectivity index (χ2n) is 6.12. The van der Waals surface area contributed by atoms with Gasteiger partial charge in [-0.3, -0.25) is 4.68 Å². The molecule has 116 valence electrons. The SMILES string of the molecule is CC(C)(O)Cc1c2c(nn1CCO)c(N)nc1ccccc12. The van der Waals surface area contributed by atoms with Crippen molar-refractivity contribution in [3.8, 4) is 0 Å². The second kappa shape index (κ2) is 5.23. The maximum Gasteiger partial charge on any atom is 0.152 e. The van der Waals surface area contributed by atoms with E-state index in [0.717, 1.165) is 22.0 Å². The average molecular weight is 300 g/mol. The van der Waals surface area contributed by atoms with Crippen LogP contribution in [-0.4, -0.2) is 37.2 Å². The summed E-state index contributed by atoms with van der Waals surface area (Å²) in [6.45, 7) is 3.83. The molecule has 3 aromatic rings. The lowest BCUT2D eigenvalue weighted by atomic mass is 9.99. The topological polar surface area (TPSA) is 97.2 Å². The first kappa shape index (κ1) is 14.7. The molecule has 0 aliphatic carbocycles. The van der Waals surface area contributed by atoms with Crippen molar-refractivity contribution < 1.29 is 10.2 Å². The number of nitrogens with zero attached hydrogens (tertiary/aromatic N) is 3. The average Bonchev–Trinajstić information content (AvgIpc) is 2.77. The quantitative estimate of drug-likeness (QED) is 0.678. The van der Waals surface area contributed by atoms with E-state index in [0.29, 0.717) is 24.3 Å². The van der Waals surface area contributed by atoms with E-state index in [-0.39, 0.29) is 6.61 Å². The Kier molecular flexibility index (Phi) is 3.50. The fourth-order valence-corrected chi connectivity index (χ4v) is 2.79. The van der Waals surface area contributed by atoms with Crippen molar-refractivity contribution in [2.24, 2.45) is 0 Å². The standard InChI is InChI=1S/C16H20N4O2/c1-16(2,22)9-12-13-10-5-3-4-6-11(10)18-15(17)14(13)19-20(12)7-8-21/h3-6,21-22H,7-9H2,1-2H3,(H2,17,18). The highest BCUT2D eigenvalue weighted by Gasteiger charge is 2.23. The van der Waals surface area contributed by atoms with E-state index in [4.69, 9.17) is 5.73 Å². The normalized spacial score (nSPS) is 12.4. The highest BCUT2D eigenvalue weighted by molar-refractivity contribution is 6.09. The van der Waals surface area contributed by atoms with E-state index >= 15 is 0 Å². The van der Waals surface area contributed by atoms with Crippen molar-refractivity contribution >= 4 is 27.6 Å². The number of para-hydroxylation sites is 1. The largest absolute Gasteiger partial charge is 0.394 e. The number of aliphatic hydroxyl groups excluding tert-OH is 1. The Morgan fingerprint density at radius 2 is 2.00 bits per heavy atom. The summed E-state index contributed by atoms with van der Waals surface area (Å²) in [6.07, 6.45) is 0.414. The van der Waals surface area contributed by atoms with Gasteiger partial charge >= 0.3 is 0 Å². The summed E-state index contributed by atoms with van der Waals surface area (Å²) < 4.78 is 1.72. The van der Waals surface area contributed by atoms with Gasteiger partial charge < -0.3 is 15.9 Å². The van der Waals surface area contributed by atoms with Crippen LogP contribution in [-0.2, 0) is 13.0 Å². The monoisotopic (exact) mass is 300 g/mol. The molecule has 22 heavy (non-hydrogen) atoms. The molecule has 4 N–H and O–H groups in total. The molecule has 6 nitrogen and oxygen atoms in total. The number of rotatable bonds is 4. The number of aromatic nitrogens is 3. The molecule has 0 saturated heterocycles. The maximum absolute atomic E-state index is 10.2. The van der Waals surface area contributed by atoms with Gasteiger partial charge in [0.25, 0.3) is 0 Å². The molecule has 0 bridgehead atoms. The minimum Gasteiger partial charge on any atom is -0.394 e. The molecule has 2 aromatic heterocycles. The van der Waals surface area contributed by atoms with Gasteiger partial charge in [-0.15, -0.1) is 0 Å². The smallest absolute Gasteiger partial charge is 0.152 e. The van der Waals surface area contributed by atoms with Crippen molar-refractivity contribution in [1.29, 1.82) is 0 Å². The summed E-state index contributed by atoms with van der Waals surface area (Å²) in [6, 6.07) is 7.73. The fraction of sp³-hybridized carbons (Fsp3) is 0.375. The number of fused-ring (bicyclic) bond motifs is 3. The molecule has 1 aromatic carbocycles. The number of benzene rings is 1. The molecule has 0 aliphatic rings. The zero-order valence-corrected chi connectivity index (χ0v) is 12.7. The molecule has 3 rings (SSSR count). The molecule has 0 atom stereocenters. The van der Waals surface area contributed by atoms with Gasteiger partial charge in [0.2, 0.25) is 0 Å². The van der Waals surface area contributed by atoms with Gasteiger partial charge in [-0.25, -0.2) is 4.98 Å². The number of hydrogen-bond donors (Lipinski definition) is 3. The Hall–Kier alpha value is -2.18. The van der Waals surface area contributed by atoms with Crippen LogP contribution < -0.4 is 5.73 Å². The van der Waals surface area contributed by atoms with Gasteiger partial charge in [-0.1, -0.05) is 18.2 Å². The van der Waals surface area contributed by atoms with E-state index < -0.39 is 5.60 Å². The van der Waals surface area contributed by atoms with E-state index in [9.17, 15) is 10.2 Å². The lowest BCUT2D eigenvalue weighted by Crippen LogP contribution is -2.24. The van der Waals surface area contributed by atoms with E-state index in [1.54, 1.807) is 18.5 Å². The third kappa shape index (κ3) is 2.51. The second-order valence-corrected chi connectivity index (χ2v) is 6.12. The van der Waals surface area contributed by atoms with Crippen LogP contribution in [0.1, 0.15) is 19.5 Å². The van der Waals surface area contributed by atoms with E-state index in [2.05, 4.69) is 10.1 Å². The zero-order chi connectivity index (χ0) is 15.9. The van der Waals surface area contributed by atoms with E-state index in [1.165, 1.54) is 0 Å². The van der Waals surface area contributed by atoms with Gasteiger partial charge in [-0.05, 0) is 19.9 Å². The Bertz CT molecular complexity index is 833. The van der Waals surface area contributed by atoms with Crippen molar-refractivity contribution in [2.45, 2.75) is 32.4 Å². The number of anilines is 1. The predicted molar refractivity (Wildman–Crippen MR) is 86.5 cm³/mol. The van der Waals surface area contributed by atoms with Gasteiger partial charge in [0.15, 0.2) is 5.82 Å². The molecule has 0 saturated carbocycles. The lowest BCUT2D eigenvalue weighted by molar-refractivity contribution is 0.0786. The minimum absolute atomic E-state index is 0.0297. The molecule has 0 amide bonds. The van der Waals surface area contributed by atoms with Crippen LogP contribution in [0.25, 0.3) is 21.8 Å². The van der Waals surface area contributed by atoms with Crippen molar-refractivity contribution in [2.75, 3.05) is 12.3 Å². The number of hydrogen-bond acceptors (Lipinski definition) is 5. The van der Waals surface area contributed by atoms with Crippen LogP contribution in [0, 0.1) is 0 Å². The molecule has 2 heterocycles. The van der Waals surface area contributed by atoms with Crippen molar-refractivity contribution in [3.05, 3.63) is 30.0 Å². The number of nitrogens with two attached hydrogens (primary N) is 1. The summed E-state index contributed by atoms with van der Waals surface area (Å²) in [5.74, 6) is 0.363.